The monoisotopic (exact) mass is 202 g/mol. The maximum atomic E-state index is 9.70. The molecule has 0 aliphatic heterocycles. The minimum atomic E-state index is -0.693. The third-order valence-electron chi connectivity index (χ3n) is 2.37. The SMILES string of the molecule is CCC(C)(O)/C=C/C=C/c1ccccc1. The van der Waals surface area contributed by atoms with E-state index in [1.165, 1.54) is 5.56 Å². The van der Waals surface area contributed by atoms with Gasteiger partial charge in [0.05, 0.1) is 5.60 Å². The molecule has 0 spiro atoms. The van der Waals surface area contributed by atoms with E-state index in [1.54, 1.807) is 6.92 Å². The number of aliphatic hydroxyl groups is 1. The molecule has 15 heavy (non-hydrogen) atoms. The molecular weight excluding hydrogens is 184 g/mol. The Morgan fingerprint density at radius 2 is 1.87 bits per heavy atom. The Balaban J connectivity index is 2.54. The summed E-state index contributed by atoms with van der Waals surface area (Å²) in [6.45, 7) is 3.77. The first kappa shape index (κ1) is 11.7. The number of benzene rings is 1. The van der Waals surface area contributed by atoms with Crippen LogP contribution in [0.4, 0.5) is 0 Å². The van der Waals surface area contributed by atoms with Gasteiger partial charge in [-0.05, 0) is 18.9 Å². The van der Waals surface area contributed by atoms with Gasteiger partial charge in [0.1, 0.15) is 0 Å². The Kier molecular flexibility index (Phi) is 4.32. The molecule has 1 rings (SSSR count). The lowest BCUT2D eigenvalue weighted by molar-refractivity contribution is 0.108. The van der Waals surface area contributed by atoms with Crippen LogP contribution in [0.3, 0.4) is 0 Å². The van der Waals surface area contributed by atoms with E-state index >= 15 is 0 Å². The number of hydrogen-bond acceptors (Lipinski definition) is 1. The van der Waals surface area contributed by atoms with Gasteiger partial charge in [0.2, 0.25) is 0 Å². The zero-order valence-electron chi connectivity index (χ0n) is 9.35. The fourth-order valence-corrected chi connectivity index (χ4v) is 1.11. The number of allylic oxidation sites excluding steroid dienone is 2. The second-order valence-electron chi connectivity index (χ2n) is 3.84. The second kappa shape index (κ2) is 5.52. The second-order valence-corrected chi connectivity index (χ2v) is 3.84. The van der Waals surface area contributed by atoms with Crippen molar-refractivity contribution in [2.75, 3.05) is 0 Å². The van der Waals surface area contributed by atoms with Crippen LogP contribution in [0.2, 0.25) is 0 Å². The van der Waals surface area contributed by atoms with Crippen LogP contribution in [0.1, 0.15) is 25.8 Å². The van der Waals surface area contributed by atoms with Crippen molar-refractivity contribution in [2.24, 2.45) is 0 Å². The van der Waals surface area contributed by atoms with Gasteiger partial charge in [-0.25, -0.2) is 0 Å². The minimum absolute atomic E-state index is 0.693. The van der Waals surface area contributed by atoms with Crippen LogP contribution in [0, 0.1) is 0 Å². The Hall–Kier alpha value is -1.34. The zero-order chi connectivity index (χ0) is 11.1. The lowest BCUT2D eigenvalue weighted by Gasteiger charge is -2.14. The van der Waals surface area contributed by atoms with Crippen molar-refractivity contribution >= 4 is 6.08 Å². The molecule has 0 aliphatic carbocycles. The molecule has 1 heteroatoms. The summed E-state index contributed by atoms with van der Waals surface area (Å²) in [5.41, 5.74) is 0.472. The topological polar surface area (TPSA) is 20.2 Å². The average molecular weight is 202 g/mol. The smallest absolute Gasteiger partial charge is 0.0800 e. The molecule has 1 nitrogen and oxygen atoms in total. The van der Waals surface area contributed by atoms with Crippen molar-refractivity contribution in [2.45, 2.75) is 25.9 Å². The van der Waals surface area contributed by atoms with Crippen molar-refractivity contribution in [1.82, 2.24) is 0 Å². The van der Waals surface area contributed by atoms with Gasteiger partial charge in [-0.3, -0.25) is 0 Å². The Morgan fingerprint density at radius 1 is 1.20 bits per heavy atom. The molecule has 0 amide bonds. The summed E-state index contributed by atoms with van der Waals surface area (Å²) >= 11 is 0. The Morgan fingerprint density at radius 3 is 2.47 bits per heavy atom. The standard InChI is InChI=1S/C14H18O/c1-3-14(2,15)12-8-7-11-13-9-5-4-6-10-13/h4-12,15H,3H2,1-2H3/b11-7+,12-8+. The van der Waals surface area contributed by atoms with Gasteiger partial charge >= 0.3 is 0 Å². The molecule has 0 aromatic heterocycles. The van der Waals surface area contributed by atoms with Crippen LogP contribution in [-0.4, -0.2) is 10.7 Å². The van der Waals surface area contributed by atoms with Gasteiger partial charge in [0.15, 0.2) is 0 Å². The first-order valence-corrected chi connectivity index (χ1v) is 5.27. The maximum Gasteiger partial charge on any atom is 0.0800 e. The number of hydrogen-bond donors (Lipinski definition) is 1. The minimum Gasteiger partial charge on any atom is -0.386 e. The first-order chi connectivity index (χ1) is 7.14. The predicted molar refractivity (Wildman–Crippen MR) is 65.5 cm³/mol. The summed E-state index contributed by atoms with van der Waals surface area (Å²) in [6.07, 6.45) is 8.38. The third-order valence-corrected chi connectivity index (χ3v) is 2.37. The highest BCUT2D eigenvalue weighted by molar-refractivity contribution is 5.50. The molecule has 0 saturated heterocycles. The van der Waals surface area contributed by atoms with E-state index in [4.69, 9.17) is 0 Å². The van der Waals surface area contributed by atoms with Gasteiger partial charge in [-0.1, -0.05) is 61.6 Å². The molecular formula is C14H18O. The van der Waals surface area contributed by atoms with E-state index in [1.807, 2.05) is 61.6 Å². The molecule has 0 aliphatic rings. The van der Waals surface area contributed by atoms with E-state index in [9.17, 15) is 5.11 Å². The van der Waals surface area contributed by atoms with Crippen molar-refractivity contribution in [1.29, 1.82) is 0 Å². The summed E-state index contributed by atoms with van der Waals surface area (Å²) in [5.74, 6) is 0. The van der Waals surface area contributed by atoms with E-state index in [2.05, 4.69) is 0 Å². The van der Waals surface area contributed by atoms with Gasteiger partial charge in [0.25, 0.3) is 0 Å². The summed E-state index contributed by atoms with van der Waals surface area (Å²) in [5, 5.41) is 9.70. The van der Waals surface area contributed by atoms with E-state index < -0.39 is 5.60 Å². The van der Waals surface area contributed by atoms with Crippen LogP contribution in [-0.2, 0) is 0 Å². The van der Waals surface area contributed by atoms with Crippen molar-refractivity contribution in [3.05, 3.63) is 54.1 Å². The summed E-state index contributed by atoms with van der Waals surface area (Å²) in [7, 11) is 0. The van der Waals surface area contributed by atoms with Crippen molar-refractivity contribution in [3.8, 4) is 0 Å². The largest absolute Gasteiger partial charge is 0.386 e. The van der Waals surface area contributed by atoms with Crippen molar-refractivity contribution < 1.29 is 5.11 Å². The summed E-state index contributed by atoms with van der Waals surface area (Å²) in [4.78, 5) is 0. The lowest BCUT2D eigenvalue weighted by atomic mass is 10.0. The van der Waals surface area contributed by atoms with Gasteiger partial charge < -0.3 is 5.11 Å². The van der Waals surface area contributed by atoms with Crippen LogP contribution < -0.4 is 0 Å². The molecule has 1 aromatic carbocycles. The number of rotatable bonds is 4. The Bertz CT molecular complexity index is 334. The highest BCUT2D eigenvalue weighted by atomic mass is 16.3. The molecule has 1 unspecified atom stereocenters. The van der Waals surface area contributed by atoms with E-state index in [0.717, 1.165) is 6.42 Å². The molecule has 1 atom stereocenters. The molecule has 1 aromatic rings. The Labute approximate surface area is 91.8 Å². The molecule has 0 fully saturated rings. The molecule has 0 saturated carbocycles. The molecule has 0 bridgehead atoms. The zero-order valence-corrected chi connectivity index (χ0v) is 9.35. The molecule has 0 radical (unpaired) electrons. The quantitative estimate of drug-likeness (QED) is 0.742. The van der Waals surface area contributed by atoms with Crippen LogP contribution >= 0.6 is 0 Å². The van der Waals surface area contributed by atoms with Gasteiger partial charge in [0, 0.05) is 0 Å². The fraction of sp³-hybridized carbons (Fsp3) is 0.286. The highest BCUT2D eigenvalue weighted by Gasteiger charge is 2.10. The molecule has 1 N–H and O–H groups in total. The van der Waals surface area contributed by atoms with Gasteiger partial charge in [-0.2, -0.15) is 0 Å². The normalized spacial score (nSPS) is 15.9. The van der Waals surface area contributed by atoms with Crippen LogP contribution in [0.5, 0.6) is 0 Å². The summed E-state index contributed by atoms with van der Waals surface area (Å²) in [6, 6.07) is 10.1. The van der Waals surface area contributed by atoms with E-state index in [-0.39, 0.29) is 0 Å². The highest BCUT2D eigenvalue weighted by Crippen LogP contribution is 2.10. The maximum absolute atomic E-state index is 9.70. The lowest BCUT2D eigenvalue weighted by Crippen LogP contribution is -2.18. The van der Waals surface area contributed by atoms with Gasteiger partial charge in [-0.15, -0.1) is 0 Å². The van der Waals surface area contributed by atoms with E-state index in [0.29, 0.717) is 0 Å². The van der Waals surface area contributed by atoms with Crippen LogP contribution in [0.15, 0.2) is 48.6 Å². The first-order valence-electron chi connectivity index (χ1n) is 5.27. The molecule has 0 heterocycles. The predicted octanol–water partition coefficient (Wildman–Crippen LogP) is 3.42. The van der Waals surface area contributed by atoms with Crippen molar-refractivity contribution in [3.63, 3.8) is 0 Å². The molecule has 80 valence electrons. The fourth-order valence-electron chi connectivity index (χ4n) is 1.11. The van der Waals surface area contributed by atoms with Crippen LogP contribution in [0.25, 0.3) is 6.08 Å². The summed E-state index contributed by atoms with van der Waals surface area (Å²) < 4.78 is 0. The third kappa shape index (κ3) is 4.61. The average Bonchev–Trinajstić information content (AvgIpc) is 2.26.